The molecular formula is C14H23BrN2OS. The van der Waals surface area contributed by atoms with Gasteiger partial charge in [-0.15, -0.1) is 11.3 Å². The Hall–Kier alpha value is 0.0600. The first-order valence-corrected chi connectivity index (χ1v) is 8.45. The number of nitrogens with two attached hydrogens (primary N) is 1. The summed E-state index contributed by atoms with van der Waals surface area (Å²) in [6.07, 6.45) is 2.52. The molecule has 1 aliphatic rings. The molecule has 0 amide bonds. The van der Waals surface area contributed by atoms with Gasteiger partial charge in [-0.05, 0) is 54.2 Å². The van der Waals surface area contributed by atoms with Gasteiger partial charge in [-0.25, -0.2) is 0 Å². The second-order valence-corrected chi connectivity index (χ2v) is 7.41. The molecule has 1 saturated heterocycles. The standard InChI is InChI=1S/C14H23BrN2OS/c1-10-12(15)6-14(19-10)13(7-16)17-5-3-4-11(8-17)9-18-2/h6,11,13H,3-5,7-9,16H2,1-2H3. The van der Waals surface area contributed by atoms with Crippen molar-refractivity contribution in [2.75, 3.05) is 33.4 Å². The minimum absolute atomic E-state index is 0.356. The second-order valence-electron chi connectivity index (χ2n) is 5.26. The molecule has 1 fully saturated rings. The molecule has 108 valence electrons. The molecule has 2 rings (SSSR count). The Morgan fingerprint density at radius 1 is 1.63 bits per heavy atom. The molecule has 1 aromatic rings. The molecule has 19 heavy (non-hydrogen) atoms. The molecule has 0 radical (unpaired) electrons. The molecular weight excluding hydrogens is 324 g/mol. The number of piperidine rings is 1. The van der Waals surface area contributed by atoms with Crippen molar-refractivity contribution in [3.05, 3.63) is 20.3 Å². The van der Waals surface area contributed by atoms with Gasteiger partial charge in [0.2, 0.25) is 0 Å². The first-order chi connectivity index (χ1) is 9.15. The highest BCUT2D eigenvalue weighted by molar-refractivity contribution is 9.10. The van der Waals surface area contributed by atoms with E-state index in [0.717, 1.165) is 19.7 Å². The molecule has 0 aliphatic carbocycles. The van der Waals surface area contributed by atoms with Crippen molar-refractivity contribution >= 4 is 27.3 Å². The van der Waals surface area contributed by atoms with Crippen molar-refractivity contribution in [1.82, 2.24) is 4.90 Å². The van der Waals surface area contributed by atoms with E-state index in [9.17, 15) is 0 Å². The van der Waals surface area contributed by atoms with Gasteiger partial charge in [-0.2, -0.15) is 0 Å². The average molecular weight is 347 g/mol. The number of nitrogens with zero attached hydrogens (tertiary/aromatic N) is 1. The monoisotopic (exact) mass is 346 g/mol. The normalized spacial score (nSPS) is 22.6. The van der Waals surface area contributed by atoms with Gasteiger partial charge in [-0.1, -0.05) is 0 Å². The molecule has 0 saturated carbocycles. The Labute approximate surface area is 128 Å². The highest BCUT2D eigenvalue weighted by Crippen LogP contribution is 2.34. The van der Waals surface area contributed by atoms with Crippen molar-refractivity contribution in [2.24, 2.45) is 11.7 Å². The zero-order valence-corrected chi connectivity index (χ0v) is 14.1. The molecule has 2 N–H and O–H groups in total. The summed E-state index contributed by atoms with van der Waals surface area (Å²) in [5.74, 6) is 0.650. The van der Waals surface area contributed by atoms with Crippen molar-refractivity contribution < 1.29 is 4.74 Å². The Kier molecular flexibility index (Phi) is 5.84. The van der Waals surface area contributed by atoms with Crippen molar-refractivity contribution in [3.63, 3.8) is 0 Å². The van der Waals surface area contributed by atoms with Gasteiger partial charge in [0.1, 0.15) is 0 Å². The van der Waals surface area contributed by atoms with Crippen molar-refractivity contribution in [2.45, 2.75) is 25.8 Å². The number of hydrogen-bond acceptors (Lipinski definition) is 4. The fraction of sp³-hybridized carbons (Fsp3) is 0.714. The summed E-state index contributed by atoms with van der Waals surface area (Å²) in [7, 11) is 1.79. The third-order valence-corrected chi connectivity index (χ3v) is 6.06. The molecule has 0 spiro atoms. The smallest absolute Gasteiger partial charge is 0.0564 e. The number of likely N-dealkylation sites (tertiary alicyclic amines) is 1. The maximum Gasteiger partial charge on any atom is 0.0564 e. The number of hydrogen-bond donors (Lipinski definition) is 1. The number of rotatable bonds is 5. The molecule has 2 unspecified atom stereocenters. The Balaban J connectivity index is 2.08. The van der Waals surface area contributed by atoms with Crippen LogP contribution in [0, 0.1) is 12.8 Å². The van der Waals surface area contributed by atoms with Crippen LogP contribution < -0.4 is 5.73 Å². The van der Waals surface area contributed by atoms with Crippen LogP contribution in [0.15, 0.2) is 10.5 Å². The third kappa shape index (κ3) is 3.79. The molecule has 1 aliphatic heterocycles. The van der Waals surface area contributed by atoms with E-state index >= 15 is 0 Å². The van der Waals surface area contributed by atoms with Gasteiger partial charge in [-0.3, -0.25) is 4.90 Å². The predicted octanol–water partition coefficient (Wildman–Crippen LogP) is 3.18. The minimum atomic E-state index is 0.356. The zero-order valence-electron chi connectivity index (χ0n) is 11.7. The summed E-state index contributed by atoms with van der Waals surface area (Å²) >= 11 is 5.46. The molecule has 0 bridgehead atoms. The molecule has 5 heteroatoms. The quantitative estimate of drug-likeness (QED) is 0.889. The number of ether oxygens (including phenoxy) is 1. The fourth-order valence-electron chi connectivity index (χ4n) is 2.84. The number of methoxy groups -OCH3 is 1. The van der Waals surface area contributed by atoms with Gasteiger partial charge in [0.25, 0.3) is 0 Å². The Bertz CT molecular complexity index is 389. The number of aryl methyl sites for hydroxylation is 1. The molecule has 3 nitrogen and oxygen atoms in total. The van der Waals surface area contributed by atoms with Crippen LogP contribution in [0.5, 0.6) is 0 Å². The topological polar surface area (TPSA) is 38.5 Å². The first-order valence-electron chi connectivity index (χ1n) is 6.84. The molecule has 2 atom stereocenters. The summed E-state index contributed by atoms with van der Waals surface area (Å²) in [6, 6.07) is 2.59. The van der Waals surface area contributed by atoms with Crippen LogP contribution in [-0.4, -0.2) is 38.3 Å². The van der Waals surface area contributed by atoms with Gasteiger partial charge in [0.05, 0.1) is 12.6 Å². The van der Waals surface area contributed by atoms with Crippen LogP contribution in [0.25, 0.3) is 0 Å². The summed E-state index contributed by atoms with van der Waals surface area (Å²) in [5, 5.41) is 0. The van der Waals surface area contributed by atoms with E-state index in [2.05, 4.69) is 33.8 Å². The summed E-state index contributed by atoms with van der Waals surface area (Å²) in [5.41, 5.74) is 6.03. The van der Waals surface area contributed by atoms with Crippen molar-refractivity contribution in [1.29, 1.82) is 0 Å². The maximum absolute atomic E-state index is 6.03. The van der Waals surface area contributed by atoms with E-state index in [1.807, 2.05) is 11.3 Å². The molecule has 1 aromatic heterocycles. The summed E-state index contributed by atoms with van der Waals surface area (Å²) in [4.78, 5) is 5.24. The molecule has 0 aromatic carbocycles. The van der Waals surface area contributed by atoms with E-state index in [1.54, 1.807) is 7.11 Å². The lowest BCUT2D eigenvalue weighted by atomic mass is 9.97. The highest BCUT2D eigenvalue weighted by atomic mass is 79.9. The maximum atomic E-state index is 6.03. The largest absolute Gasteiger partial charge is 0.384 e. The van der Waals surface area contributed by atoms with E-state index in [0.29, 0.717) is 18.5 Å². The average Bonchev–Trinajstić information content (AvgIpc) is 2.71. The zero-order chi connectivity index (χ0) is 13.8. The minimum Gasteiger partial charge on any atom is -0.384 e. The van der Waals surface area contributed by atoms with Crippen molar-refractivity contribution in [3.8, 4) is 0 Å². The lowest BCUT2D eigenvalue weighted by Crippen LogP contribution is -2.41. The Morgan fingerprint density at radius 2 is 2.42 bits per heavy atom. The summed E-state index contributed by atoms with van der Waals surface area (Å²) < 4.78 is 6.51. The van der Waals surface area contributed by atoms with Crippen LogP contribution in [0.1, 0.15) is 28.6 Å². The van der Waals surface area contributed by atoms with Crippen LogP contribution in [0.2, 0.25) is 0 Å². The van der Waals surface area contributed by atoms with Crippen LogP contribution in [0.4, 0.5) is 0 Å². The number of halogens is 1. The van der Waals surface area contributed by atoms with Crippen LogP contribution >= 0.6 is 27.3 Å². The lowest BCUT2D eigenvalue weighted by molar-refractivity contribution is 0.0705. The second kappa shape index (κ2) is 7.18. The van der Waals surface area contributed by atoms with Crippen LogP contribution in [0.3, 0.4) is 0 Å². The summed E-state index contributed by atoms with van der Waals surface area (Å²) in [6.45, 7) is 5.95. The molecule has 2 heterocycles. The third-order valence-electron chi connectivity index (χ3n) is 3.82. The highest BCUT2D eigenvalue weighted by Gasteiger charge is 2.27. The van der Waals surface area contributed by atoms with E-state index in [-0.39, 0.29) is 0 Å². The fourth-order valence-corrected chi connectivity index (χ4v) is 4.55. The SMILES string of the molecule is COCC1CCCN(C(CN)c2cc(Br)c(C)s2)C1. The van der Waals surface area contributed by atoms with E-state index in [1.165, 1.54) is 27.1 Å². The van der Waals surface area contributed by atoms with E-state index in [4.69, 9.17) is 10.5 Å². The Morgan fingerprint density at radius 3 is 3.00 bits per heavy atom. The van der Waals surface area contributed by atoms with Gasteiger partial charge in [0.15, 0.2) is 0 Å². The predicted molar refractivity (Wildman–Crippen MR) is 84.7 cm³/mol. The lowest BCUT2D eigenvalue weighted by Gasteiger charge is -2.37. The van der Waals surface area contributed by atoms with E-state index < -0.39 is 0 Å². The van der Waals surface area contributed by atoms with Gasteiger partial charge >= 0.3 is 0 Å². The van der Waals surface area contributed by atoms with Gasteiger partial charge < -0.3 is 10.5 Å². The first kappa shape index (κ1) is 15.4. The number of thiophene rings is 1. The van der Waals surface area contributed by atoms with Gasteiger partial charge in [0, 0.05) is 34.4 Å². The van der Waals surface area contributed by atoms with Crippen LogP contribution in [-0.2, 0) is 4.74 Å².